The molecule has 0 unspecified atom stereocenters. The molecule has 1 aromatic carbocycles. The SMILES string of the molecule is NC(=O)c1oc2ccccc2c1NC(=O)c1ccno1. The number of fused-ring (bicyclic) bond motifs is 1. The Labute approximate surface area is 112 Å². The second kappa shape index (κ2) is 4.54. The minimum absolute atomic E-state index is 0.0192. The Morgan fingerprint density at radius 2 is 2.00 bits per heavy atom. The van der Waals surface area contributed by atoms with Crippen LogP contribution in [0.5, 0.6) is 0 Å². The number of para-hydroxylation sites is 1. The largest absolute Gasteiger partial charge is 0.449 e. The van der Waals surface area contributed by atoms with Crippen molar-refractivity contribution >= 4 is 28.5 Å². The molecule has 20 heavy (non-hydrogen) atoms. The average Bonchev–Trinajstić information content (AvgIpc) is 3.06. The van der Waals surface area contributed by atoms with Crippen molar-refractivity contribution in [1.29, 1.82) is 0 Å². The van der Waals surface area contributed by atoms with E-state index in [1.165, 1.54) is 12.3 Å². The smallest absolute Gasteiger partial charge is 0.294 e. The van der Waals surface area contributed by atoms with Crippen molar-refractivity contribution in [2.24, 2.45) is 5.73 Å². The molecule has 0 fully saturated rings. The van der Waals surface area contributed by atoms with Crippen LogP contribution in [0.2, 0.25) is 0 Å². The lowest BCUT2D eigenvalue weighted by Gasteiger charge is -2.01. The van der Waals surface area contributed by atoms with E-state index in [1.807, 2.05) is 0 Å². The average molecular weight is 271 g/mol. The molecular formula is C13H9N3O4. The Balaban J connectivity index is 2.07. The van der Waals surface area contributed by atoms with Crippen LogP contribution in [0.1, 0.15) is 21.1 Å². The first-order chi connectivity index (χ1) is 9.66. The lowest BCUT2D eigenvalue weighted by Crippen LogP contribution is -2.16. The van der Waals surface area contributed by atoms with Crippen molar-refractivity contribution in [1.82, 2.24) is 5.16 Å². The standard InChI is InChI=1S/C13H9N3O4/c14-12(17)11-10(7-3-1-2-4-8(7)19-11)16-13(18)9-5-6-15-20-9/h1-6H,(H2,14,17)(H,16,18). The van der Waals surface area contributed by atoms with E-state index < -0.39 is 11.8 Å². The summed E-state index contributed by atoms with van der Waals surface area (Å²) in [4.78, 5) is 23.4. The van der Waals surface area contributed by atoms with Gasteiger partial charge in [0.1, 0.15) is 11.3 Å². The van der Waals surface area contributed by atoms with Crippen LogP contribution in [0.4, 0.5) is 5.69 Å². The molecule has 0 spiro atoms. The van der Waals surface area contributed by atoms with E-state index >= 15 is 0 Å². The molecule has 0 bridgehead atoms. The minimum Gasteiger partial charge on any atom is -0.449 e. The third-order valence-corrected chi connectivity index (χ3v) is 2.72. The molecule has 0 saturated carbocycles. The van der Waals surface area contributed by atoms with Gasteiger partial charge in [-0.15, -0.1) is 0 Å². The normalized spacial score (nSPS) is 10.6. The fraction of sp³-hybridized carbons (Fsp3) is 0. The number of nitrogens with one attached hydrogen (secondary N) is 1. The molecule has 0 saturated heterocycles. The number of anilines is 1. The molecule has 2 aromatic heterocycles. The predicted molar refractivity (Wildman–Crippen MR) is 69.2 cm³/mol. The Kier molecular flexibility index (Phi) is 2.72. The Morgan fingerprint density at radius 3 is 2.70 bits per heavy atom. The Bertz CT molecular complexity index is 789. The number of hydrogen-bond acceptors (Lipinski definition) is 5. The highest BCUT2D eigenvalue weighted by Crippen LogP contribution is 2.30. The molecule has 100 valence electrons. The molecule has 0 aliphatic carbocycles. The summed E-state index contributed by atoms with van der Waals surface area (Å²) in [6, 6.07) is 8.29. The molecule has 3 aromatic rings. The van der Waals surface area contributed by atoms with Gasteiger partial charge in [-0.1, -0.05) is 17.3 Å². The zero-order valence-electron chi connectivity index (χ0n) is 10.1. The van der Waals surface area contributed by atoms with Gasteiger partial charge in [0.2, 0.25) is 11.5 Å². The van der Waals surface area contributed by atoms with Crippen molar-refractivity contribution in [3.05, 3.63) is 48.0 Å². The highest BCUT2D eigenvalue weighted by Gasteiger charge is 2.21. The molecule has 0 atom stereocenters. The molecule has 2 amide bonds. The van der Waals surface area contributed by atoms with Crippen LogP contribution in [0.25, 0.3) is 11.0 Å². The Morgan fingerprint density at radius 1 is 1.20 bits per heavy atom. The number of primary amides is 1. The summed E-state index contributed by atoms with van der Waals surface area (Å²) in [5.41, 5.74) is 5.92. The lowest BCUT2D eigenvalue weighted by atomic mass is 10.2. The zero-order chi connectivity index (χ0) is 14.1. The van der Waals surface area contributed by atoms with Gasteiger partial charge >= 0.3 is 0 Å². The van der Waals surface area contributed by atoms with E-state index in [4.69, 9.17) is 14.7 Å². The number of aromatic nitrogens is 1. The number of nitrogens with zero attached hydrogens (tertiary/aromatic N) is 1. The van der Waals surface area contributed by atoms with Crippen LogP contribution in [0.3, 0.4) is 0 Å². The molecule has 7 heteroatoms. The van der Waals surface area contributed by atoms with Crippen LogP contribution in [-0.2, 0) is 0 Å². The summed E-state index contributed by atoms with van der Waals surface area (Å²) in [7, 11) is 0. The van der Waals surface area contributed by atoms with E-state index in [-0.39, 0.29) is 17.2 Å². The van der Waals surface area contributed by atoms with Crippen molar-refractivity contribution < 1.29 is 18.5 Å². The van der Waals surface area contributed by atoms with Gasteiger partial charge in [-0.25, -0.2) is 0 Å². The quantitative estimate of drug-likeness (QED) is 0.754. The molecular weight excluding hydrogens is 262 g/mol. The lowest BCUT2D eigenvalue weighted by molar-refractivity contribution is 0.0977. The van der Waals surface area contributed by atoms with Crippen LogP contribution in [0.15, 0.2) is 45.5 Å². The summed E-state index contributed by atoms with van der Waals surface area (Å²) in [6.07, 6.45) is 1.34. The molecule has 0 aliphatic rings. The first kappa shape index (κ1) is 12.0. The summed E-state index contributed by atoms with van der Waals surface area (Å²) in [5.74, 6) is -1.41. The number of carbonyl (C=O) groups excluding carboxylic acids is 2. The number of hydrogen-bond donors (Lipinski definition) is 2. The third-order valence-electron chi connectivity index (χ3n) is 2.72. The van der Waals surface area contributed by atoms with Crippen LogP contribution in [0, 0.1) is 0 Å². The molecule has 3 N–H and O–H groups in total. The van der Waals surface area contributed by atoms with E-state index in [0.29, 0.717) is 11.0 Å². The Hall–Kier alpha value is -3.09. The number of nitrogens with two attached hydrogens (primary N) is 1. The van der Waals surface area contributed by atoms with E-state index in [2.05, 4.69) is 10.5 Å². The zero-order valence-corrected chi connectivity index (χ0v) is 10.1. The summed E-state index contributed by atoms with van der Waals surface area (Å²) >= 11 is 0. The highest BCUT2D eigenvalue weighted by molar-refractivity contribution is 6.13. The first-order valence-electron chi connectivity index (χ1n) is 5.70. The van der Waals surface area contributed by atoms with Crippen molar-refractivity contribution in [3.8, 4) is 0 Å². The number of furan rings is 1. The molecule has 0 aliphatic heterocycles. The predicted octanol–water partition coefficient (Wildman–Crippen LogP) is 1.77. The maximum atomic E-state index is 12.0. The van der Waals surface area contributed by atoms with Gasteiger partial charge in [0, 0.05) is 11.5 Å². The van der Waals surface area contributed by atoms with Crippen molar-refractivity contribution in [2.75, 3.05) is 5.32 Å². The van der Waals surface area contributed by atoms with Gasteiger partial charge in [0.05, 0.1) is 6.20 Å². The third kappa shape index (κ3) is 1.91. The van der Waals surface area contributed by atoms with Crippen LogP contribution < -0.4 is 11.1 Å². The fourth-order valence-electron chi connectivity index (χ4n) is 1.85. The minimum atomic E-state index is -0.769. The highest BCUT2D eigenvalue weighted by atomic mass is 16.5. The van der Waals surface area contributed by atoms with Crippen LogP contribution >= 0.6 is 0 Å². The number of benzene rings is 1. The van der Waals surface area contributed by atoms with Crippen molar-refractivity contribution in [3.63, 3.8) is 0 Å². The first-order valence-corrected chi connectivity index (χ1v) is 5.70. The molecule has 0 radical (unpaired) electrons. The second-order valence-corrected chi connectivity index (χ2v) is 4.00. The topological polar surface area (TPSA) is 111 Å². The van der Waals surface area contributed by atoms with Gasteiger partial charge in [-0.05, 0) is 12.1 Å². The number of amides is 2. The van der Waals surface area contributed by atoms with Gasteiger partial charge in [0.25, 0.3) is 11.8 Å². The molecule has 3 rings (SSSR count). The van der Waals surface area contributed by atoms with E-state index in [0.717, 1.165) is 0 Å². The maximum absolute atomic E-state index is 12.0. The fourth-order valence-corrected chi connectivity index (χ4v) is 1.85. The van der Waals surface area contributed by atoms with Crippen LogP contribution in [-0.4, -0.2) is 17.0 Å². The van der Waals surface area contributed by atoms with Gasteiger partial charge < -0.3 is 20.0 Å². The van der Waals surface area contributed by atoms with Gasteiger partial charge in [0.15, 0.2) is 0 Å². The summed E-state index contributed by atoms with van der Waals surface area (Å²) in [5, 5.41) is 6.57. The second-order valence-electron chi connectivity index (χ2n) is 4.00. The summed E-state index contributed by atoms with van der Waals surface area (Å²) < 4.78 is 10.1. The van der Waals surface area contributed by atoms with Gasteiger partial charge in [-0.2, -0.15) is 0 Å². The molecule has 7 nitrogen and oxygen atoms in total. The molecule has 2 heterocycles. The monoisotopic (exact) mass is 271 g/mol. The maximum Gasteiger partial charge on any atom is 0.294 e. The summed E-state index contributed by atoms with van der Waals surface area (Å²) in [6.45, 7) is 0. The van der Waals surface area contributed by atoms with E-state index in [9.17, 15) is 9.59 Å². The van der Waals surface area contributed by atoms with Crippen molar-refractivity contribution in [2.45, 2.75) is 0 Å². The van der Waals surface area contributed by atoms with Gasteiger partial charge in [-0.3, -0.25) is 9.59 Å². The van der Waals surface area contributed by atoms with E-state index in [1.54, 1.807) is 24.3 Å². The number of carbonyl (C=O) groups is 2. The number of rotatable bonds is 3.